The van der Waals surface area contributed by atoms with Gasteiger partial charge in [0.05, 0.1) is 3.55 Å². The second-order valence-corrected chi connectivity index (χ2v) is 4.68. The van der Waals surface area contributed by atoms with Crippen LogP contribution in [0.25, 0.3) is 0 Å². The van der Waals surface area contributed by atoms with Crippen molar-refractivity contribution in [2.24, 2.45) is 5.73 Å². The highest BCUT2D eigenvalue weighted by Gasteiger charge is 2.14. The maximum atomic E-state index is 7.00. The summed E-state index contributed by atoms with van der Waals surface area (Å²) in [5.74, 6) is 0. The lowest BCUT2D eigenvalue weighted by molar-refractivity contribution is 0.399. The van der Waals surface area contributed by atoms with E-state index in [9.17, 15) is 0 Å². The molecule has 0 aromatic heterocycles. The summed E-state index contributed by atoms with van der Waals surface area (Å²) in [6, 6.07) is 10.1. The van der Waals surface area contributed by atoms with Crippen LogP contribution in [0.2, 0.25) is 0 Å². The predicted octanol–water partition coefficient (Wildman–Crippen LogP) is 1.86. The minimum Gasteiger partial charge on any atom is -0.400 e. The van der Waals surface area contributed by atoms with Crippen LogP contribution in [0.1, 0.15) is 12.5 Å². The zero-order valence-electron chi connectivity index (χ0n) is 7.29. The van der Waals surface area contributed by atoms with Crippen molar-refractivity contribution in [2.75, 3.05) is 7.11 Å². The number of halogens is 1. The van der Waals surface area contributed by atoms with Crippen LogP contribution in [0.3, 0.4) is 0 Å². The molecule has 0 radical (unpaired) electrons. The molecule has 0 bridgehead atoms. The normalized spacial score (nSPS) is 14.1. The maximum Gasteiger partial charge on any atom is 0.0906 e. The Morgan fingerprint density at radius 1 is 1.25 bits per heavy atom. The van der Waals surface area contributed by atoms with Crippen molar-refractivity contribution in [3.05, 3.63) is 35.9 Å². The van der Waals surface area contributed by atoms with Crippen molar-refractivity contribution >= 4 is 22.6 Å². The van der Waals surface area contributed by atoms with Gasteiger partial charge in [0.15, 0.2) is 0 Å². The fraction of sp³-hybridized carbons (Fsp3) is 0.333. The number of rotatable bonds is 1. The Morgan fingerprint density at radius 2 is 1.67 bits per heavy atom. The number of hydrogen-bond acceptors (Lipinski definition) is 2. The number of aliphatic hydroxyl groups excluding tert-OH is 1. The third-order valence-corrected chi connectivity index (χ3v) is 1.96. The standard InChI is InChI=1S/C8H10IN.CH4O/c1-8(9,10)7-5-3-2-4-6-7;1-2/h2-6H,10H2,1H3;2H,1H3/t8-;/m0./s1. The lowest BCUT2D eigenvalue weighted by atomic mass is 10.1. The molecular formula is C9H14INO. The van der Waals surface area contributed by atoms with E-state index in [2.05, 4.69) is 22.6 Å². The Labute approximate surface area is 86.9 Å². The predicted molar refractivity (Wildman–Crippen MR) is 60.1 cm³/mol. The SMILES string of the molecule is CO.C[C@@](N)(I)c1ccccc1. The average molecular weight is 279 g/mol. The van der Waals surface area contributed by atoms with Gasteiger partial charge in [0.2, 0.25) is 0 Å². The van der Waals surface area contributed by atoms with Crippen molar-refractivity contribution in [2.45, 2.75) is 10.5 Å². The summed E-state index contributed by atoms with van der Waals surface area (Å²) in [5, 5.41) is 7.00. The van der Waals surface area contributed by atoms with Crippen LogP contribution >= 0.6 is 22.6 Å². The van der Waals surface area contributed by atoms with Crippen LogP contribution in [0.4, 0.5) is 0 Å². The van der Waals surface area contributed by atoms with Crippen LogP contribution in [0, 0.1) is 0 Å². The van der Waals surface area contributed by atoms with Gasteiger partial charge in [-0.3, -0.25) is 0 Å². The first kappa shape index (κ1) is 11.9. The molecule has 0 fully saturated rings. The van der Waals surface area contributed by atoms with E-state index in [-0.39, 0.29) is 3.55 Å². The molecule has 1 aromatic carbocycles. The number of aliphatic hydroxyl groups is 1. The molecule has 1 atom stereocenters. The van der Waals surface area contributed by atoms with Crippen molar-refractivity contribution in [1.82, 2.24) is 0 Å². The van der Waals surface area contributed by atoms with Crippen molar-refractivity contribution in [1.29, 1.82) is 0 Å². The van der Waals surface area contributed by atoms with E-state index >= 15 is 0 Å². The molecule has 0 heterocycles. The molecule has 0 spiro atoms. The summed E-state index contributed by atoms with van der Waals surface area (Å²) in [6.45, 7) is 1.99. The molecule has 3 N–H and O–H groups in total. The van der Waals surface area contributed by atoms with E-state index in [1.807, 2.05) is 37.3 Å². The van der Waals surface area contributed by atoms with Crippen LogP contribution < -0.4 is 5.73 Å². The first-order valence-corrected chi connectivity index (χ1v) is 4.66. The summed E-state index contributed by atoms with van der Waals surface area (Å²) in [4.78, 5) is 0. The second kappa shape index (κ2) is 5.50. The summed E-state index contributed by atoms with van der Waals surface area (Å²) >= 11 is 2.22. The molecule has 1 rings (SSSR count). The minimum absolute atomic E-state index is 0.237. The molecule has 0 unspecified atom stereocenters. The largest absolute Gasteiger partial charge is 0.400 e. The van der Waals surface area contributed by atoms with Crippen molar-refractivity contribution < 1.29 is 5.11 Å². The van der Waals surface area contributed by atoms with Gasteiger partial charge in [-0.2, -0.15) is 0 Å². The third kappa shape index (κ3) is 4.04. The monoisotopic (exact) mass is 279 g/mol. The molecule has 0 saturated heterocycles. The average Bonchev–Trinajstić information content (AvgIpc) is 2.08. The van der Waals surface area contributed by atoms with Gasteiger partial charge in [0.25, 0.3) is 0 Å². The Morgan fingerprint density at radius 3 is 1.92 bits per heavy atom. The fourth-order valence-corrected chi connectivity index (χ4v) is 1.12. The molecule has 0 amide bonds. The summed E-state index contributed by atoms with van der Waals surface area (Å²) in [6.07, 6.45) is 0. The highest BCUT2D eigenvalue weighted by molar-refractivity contribution is 14.1. The van der Waals surface area contributed by atoms with Crippen LogP contribution in [0.15, 0.2) is 30.3 Å². The smallest absolute Gasteiger partial charge is 0.0906 e. The van der Waals surface area contributed by atoms with E-state index in [0.29, 0.717) is 0 Å². The second-order valence-electron chi connectivity index (χ2n) is 2.44. The molecule has 3 heteroatoms. The molecule has 0 aliphatic rings. The van der Waals surface area contributed by atoms with E-state index in [1.165, 1.54) is 0 Å². The number of alkyl halides is 1. The molecule has 1 aromatic rings. The number of benzene rings is 1. The molecule has 2 nitrogen and oxygen atoms in total. The third-order valence-electron chi connectivity index (χ3n) is 1.34. The van der Waals surface area contributed by atoms with Gasteiger partial charge >= 0.3 is 0 Å². The van der Waals surface area contributed by atoms with E-state index < -0.39 is 0 Å². The molecule has 0 aliphatic heterocycles. The van der Waals surface area contributed by atoms with E-state index in [1.54, 1.807) is 0 Å². The Hall–Kier alpha value is -0.130. The molecule has 0 saturated carbocycles. The molecular weight excluding hydrogens is 265 g/mol. The molecule has 68 valence electrons. The number of hydrogen-bond donors (Lipinski definition) is 2. The van der Waals surface area contributed by atoms with Gasteiger partial charge < -0.3 is 10.8 Å². The van der Waals surface area contributed by atoms with Gasteiger partial charge in [-0.15, -0.1) is 0 Å². The summed E-state index contributed by atoms with van der Waals surface area (Å²) in [7, 11) is 1.00. The van der Waals surface area contributed by atoms with Gasteiger partial charge in [-0.1, -0.05) is 52.9 Å². The Kier molecular flexibility index (Phi) is 5.44. The first-order valence-electron chi connectivity index (χ1n) is 3.59. The quantitative estimate of drug-likeness (QED) is 0.468. The number of nitrogens with two attached hydrogens (primary N) is 1. The van der Waals surface area contributed by atoms with Gasteiger partial charge in [0, 0.05) is 7.11 Å². The van der Waals surface area contributed by atoms with Crippen LogP contribution in [-0.4, -0.2) is 12.2 Å². The lowest BCUT2D eigenvalue weighted by Crippen LogP contribution is -2.24. The lowest BCUT2D eigenvalue weighted by Gasteiger charge is -2.15. The zero-order valence-corrected chi connectivity index (χ0v) is 9.45. The highest BCUT2D eigenvalue weighted by Crippen LogP contribution is 2.23. The highest BCUT2D eigenvalue weighted by atomic mass is 127. The van der Waals surface area contributed by atoms with E-state index in [0.717, 1.165) is 12.7 Å². The zero-order chi connectivity index (χ0) is 9.61. The summed E-state index contributed by atoms with van der Waals surface area (Å²) in [5.41, 5.74) is 7.01. The minimum atomic E-state index is -0.237. The molecule has 0 aliphatic carbocycles. The van der Waals surface area contributed by atoms with Crippen molar-refractivity contribution in [3.8, 4) is 0 Å². The van der Waals surface area contributed by atoms with Gasteiger partial charge in [-0.05, 0) is 12.5 Å². The topological polar surface area (TPSA) is 46.2 Å². The maximum absolute atomic E-state index is 7.00. The van der Waals surface area contributed by atoms with Gasteiger partial charge in [-0.25, -0.2) is 0 Å². The van der Waals surface area contributed by atoms with Gasteiger partial charge in [0.1, 0.15) is 0 Å². The Bertz CT molecular complexity index is 206. The Balaban J connectivity index is 0.000000561. The van der Waals surface area contributed by atoms with Crippen molar-refractivity contribution in [3.63, 3.8) is 0 Å². The first-order chi connectivity index (χ1) is 5.61. The molecule has 12 heavy (non-hydrogen) atoms. The van der Waals surface area contributed by atoms with Crippen LogP contribution in [-0.2, 0) is 3.55 Å². The summed E-state index contributed by atoms with van der Waals surface area (Å²) < 4.78 is -0.237. The van der Waals surface area contributed by atoms with E-state index in [4.69, 9.17) is 10.8 Å². The fourth-order valence-electron chi connectivity index (χ4n) is 0.764. The van der Waals surface area contributed by atoms with Crippen LogP contribution in [0.5, 0.6) is 0 Å².